The van der Waals surface area contributed by atoms with Gasteiger partial charge in [-0.3, -0.25) is 0 Å². The highest BCUT2D eigenvalue weighted by Crippen LogP contribution is 2.21. The quantitative estimate of drug-likeness (QED) is 0.645. The number of nitrogens with zero attached hydrogens (tertiary/aromatic N) is 2. The molecular weight excluding hydrogens is 268 g/mol. The largest absolute Gasteiger partial charge is 0.326 e. The smallest absolute Gasteiger partial charge is 0.0961 e. The molecule has 0 aliphatic carbocycles. The number of aryl methyl sites for hydroxylation is 2. The van der Waals surface area contributed by atoms with E-state index in [1.54, 1.807) is 0 Å². The summed E-state index contributed by atoms with van der Waals surface area (Å²) in [6, 6.07) is 13.4. The zero-order valence-electron chi connectivity index (χ0n) is 13.9. The van der Waals surface area contributed by atoms with E-state index in [9.17, 15) is 0 Å². The lowest BCUT2D eigenvalue weighted by atomic mass is 9.98. The van der Waals surface area contributed by atoms with Crippen LogP contribution in [0.1, 0.15) is 48.4 Å². The Morgan fingerprint density at radius 1 is 1.05 bits per heavy atom. The molecular formula is C20H24N2. The van der Waals surface area contributed by atoms with Crippen LogP contribution in [0.5, 0.6) is 0 Å². The van der Waals surface area contributed by atoms with Gasteiger partial charge < -0.3 is 4.57 Å². The SMILES string of the molecule is CCC(C)c1ccc(Cn2cnc3cc(C)c(C)cc32)cc1. The average molecular weight is 292 g/mol. The van der Waals surface area contributed by atoms with E-state index < -0.39 is 0 Å². The highest BCUT2D eigenvalue weighted by molar-refractivity contribution is 5.77. The fourth-order valence-electron chi connectivity index (χ4n) is 2.82. The minimum absolute atomic E-state index is 0.633. The molecule has 3 rings (SSSR count). The van der Waals surface area contributed by atoms with Gasteiger partial charge in [0.05, 0.1) is 17.4 Å². The molecule has 2 nitrogen and oxygen atoms in total. The third kappa shape index (κ3) is 2.78. The molecule has 1 unspecified atom stereocenters. The summed E-state index contributed by atoms with van der Waals surface area (Å²) >= 11 is 0. The molecule has 114 valence electrons. The minimum atomic E-state index is 0.633. The summed E-state index contributed by atoms with van der Waals surface area (Å²) in [5.41, 5.74) is 7.67. The summed E-state index contributed by atoms with van der Waals surface area (Å²) in [5.74, 6) is 0.633. The molecule has 1 heterocycles. The van der Waals surface area contributed by atoms with E-state index in [2.05, 4.69) is 73.6 Å². The molecule has 0 aliphatic rings. The number of hydrogen-bond acceptors (Lipinski definition) is 1. The van der Waals surface area contributed by atoms with E-state index in [4.69, 9.17) is 0 Å². The molecule has 0 amide bonds. The van der Waals surface area contributed by atoms with Gasteiger partial charge in [-0.05, 0) is 60.6 Å². The predicted molar refractivity (Wildman–Crippen MR) is 93.5 cm³/mol. The van der Waals surface area contributed by atoms with Gasteiger partial charge in [-0.25, -0.2) is 4.98 Å². The zero-order valence-corrected chi connectivity index (χ0v) is 13.9. The van der Waals surface area contributed by atoms with Crippen LogP contribution in [0.25, 0.3) is 11.0 Å². The number of rotatable bonds is 4. The second-order valence-corrected chi connectivity index (χ2v) is 6.35. The van der Waals surface area contributed by atoms with Gasteiger partial charge in [-0.15, -0.1) is 0 Å². The summed E-state index contributed by atoms with van der Waals surface area (Å²) in [6.07, 6.45) is 3.14. The second-order valence-electron chi connectivity index (χ2n) is 6.35. The summed E-state index contributed by atoms with van der Waals surface area (Å²) in [7, 11) is 0. The molecule has 0 radical (unpaired) electrons. The first-order valence-corrected chi connectivity index (χ1v) is 8.09. The Labute approximate surface area is 132 Å². The number of benzene rings is 2. The van der Waals surface area contributed by atoms with Crippen molar-refractivity contribution in [2.75, 3.05) is 0 Å². The first kappa shape index (κ1) is 14.8. The Kier molecular flexibility index (Phi) is 4.02. The molecule has 1 atom stereocenters. The standard InChI is InChI=1S/C20H24N2/c1-5-14(2)18-8-6-17(7-9-18)12-22-13-21-19-10-15(3)16(4)11-20(19)22/h6-11,13-14H,5,12H2,1-4H3. The fraction of sp³-hybridized carbons (Fsp3) is 0.350. The molecule has 3 aromatic rings. The molecule has 0 N–H and O–H groups in total. The molecule has 22 heavy (non-hydrogen) atoms. The van der Waals surface area contributed by atoms with Crippen LogP contribution in [0.15, 0.2) is 42.7 Å². The number of hydrogen-bond donors (Lipinski definition) is 0. The van der Waals surface area contributed by atoms with E-state index in [1.165, 1.54) is 34.2 Å². The highest BCUT2D eigenvalue weighted by Gasteiger charge is 2.07. The predicted octanol–water partition coefficient (Wildman–Crippen LogP) is 5.21. The molecule has 2 aromatic carbocycles. The first-order valence-electron chi connectivity index (χ1n) is 8.09. The maximum Gasteiger partial charge on any atom is 0.0961 e. The van der Waals surface area contributed by atoms with Crippen LogP contribution in [-0.2, 0) is 6.54 Å². The normalized spacial score (nSPS) is 12.7. The maximum atomic E-state index is 4.54. The Bertz CT molecular complexity index is 781. The second kappa shape index (κ2) is 5.96. The van der Waals surface area contributed by atoms with Crippen LogP contribution in [0.4, 0.5) is 0 Å². The van der Waals surface area contributed by atoms with Gasteiger partial charge in [-0.2, -0.15) is 0 Å². The summed E-state index contributed by atoms with van der Waals surface area (Å²) in [4.78, 5) is 4.54. The van der Waals surface area contributed by atoms with Gasteiger partial charge in [0, 0.05) is 6.54 Å². The van der Waals surface area contributed by atoms with Crippen LogP contribution < -0.4 is 0 Å². The molecule has 0 bridgehead atoms. The number of aromatic nitrogens is 2. The van der Waals surface area contributed by atoms with E-state index in [0.717, 1.165) is 12.1 Å². The Morgan fingerprint density at radius 3 is 2.41 bits per heavy atom. The lowest BCUT2D eigenvalue weighted by Gasteiger charge is -2.11. The van der Waals surface area contributed by atoms with E-state index in [-0.39, 0.29) is 0 Å². The highest BCUT2D eigenvalue weighted by atomic mass is 15.0. The van der Waals surface area contributed by atoms with Gasteiger partial charge >= 0.3 is 0 Å². The van der Waals surface area contributed by atoms with Crippen LogP contribution in [0.3, 0.4) is 0 Å². The van der Waals surface area contributed by atoms with Crippen molar-refractivity contribution in [3.8, 4) is 0 Å². The average Bonchev–Trinajstić information content (AvgIpc) is 2.90. The van der Waals surface area contributed by atoms with Crippen molar-refractivity contribution in [1.82, 2.24) is 9.55 Å². The summed E-state index contributed by atoms with van der Waals surface area (Å²) in [6.45, 7) is 9.69. The summed E-state index contributed by atoms with van der Waals surface area (Å²) < 4.78 is 2.24. The van der Waals surface area contributed by atoms with Gasteiger partial charge in [0.1, 0.15) is 0 Å². The molecule has 0 saturated carbocycles. The van der Waals surface area contributed by atoms with E-state index in [1.807, 2.05) is 6.33 Å². The van der Waals surface area contributed by atoms with Crippen molar-refractivity contribution in [2.45, 2.75) is 46.6 Å². The van der Waals surface area contributed by atoms with Crippen molar-refractivity contribution in [1.29, 1.82) is 0 Å². The van der Waals surface area contributed by atoms with Crippen molar-refractivity contribution >= 4 is 11.0 Å². The van der Waals surface area contributed by atoms with Gasteiger partial charge in [-0.1, -0.05) is 38.1 Å². The Balaban J connectivity index is 1.88. The summed E-state index contributed by atoms with van der Waals surface area (Å²) in [5, 5.41) is 0. The van der Waals surface area contributed by atoms with Gasteiger partial charge in [0.2, 0.25) is 0 Å². The lowest BCUT2D eigenvalue weighted by Crippen LogP contribution is -1.99. The third-order valence-electron chi connectivity index (χ3n) is 4.75. The van der Waals surface area contributed by atoms with Crippen LogP contribution in [-0.4, -0.2) is 9.55 Å². The van der Waals surface area contributed by atoms with Crippen molar-refractivity contribution in [3.63, 3.8) is 0 Å². The van der Waals surface area contributed by atoms with Crippen molar-refractivity contribution in [2.24, 2.45) is 0 Å². The molecule has 2 heteroatoms. The van der Waals surface area contributed by atoms with Crippen LogP contribution in [0, 0.1) is 13.8 Å². The molecule has 0 saturated heterocycles. The lowest BCUT2D eigenvalue weighted by molar-refractivity contribution is 0.732. The topological polar surface area (TPSA) is 17.8 Å². The van der Waals surface area contributed by atoms with Crippen molar-refractivity contribution in [3.05, 3.63) is 65.0 Å². The molecule has 1 aromatic heterocycles. The van der Waals surface area contributed by atoms with Gasteiger partial charge in [0.15, 0.2) is 0 Å². The van der Waals surface area contributed by atoms with E-state index in [0.29, 0.717) is 5.92 Å². The van der Waals surface area contributed by atoms with Crippen LogP contribution in [0.2, 0.25) is 0 Å². The fourth-order valence-corrected chi connectivity index (χ4v) is 2.82. The maximum absolute atomic E-state index is 4.54. The Morgan fingerprint density at radius 2 is 1.73 bits per heavy atom. The third-order valence-corrected chi connectivity index (χ3v) is 4.75. The zero-order chi connectivity index (χ0) is 15.7. The van der Waals surface area contributed by atoms with Crippen molar-refractivity contribution < 1.29 is 0 Å². The van der Waals surface area contributed by atoms with Gasteiger partial charge in [0.25, 0.3) is 0 Å². The molecule has 0 aliphatic heterocycles. The Hall–Kier alpha value is -2.09. The first-order chi connectivity index (χ1) is 10.6. The number of fused-ring (bicyclic) bond motifs is 1. The molecule has 0 fully saturated rings. The molecule has 0 spiro atoms. The minimum Gasteiger partial charge on any atom is -0.326 e. The van der Waals surface area contributed by atoms with Crippen LogP contribution >= 0.6 is 0 Å². The number of imidazole rings is 1. The van der Waals surface area contributed by atoms with E-state index >= 15 is 0 Å². The monoisotopic (exact) mass is 292 g/mol.